The molecule has 5 atom stereocenters. The zero-order valence-corrected chi connectivity index (χ0v) is 22.1. The van der Waals surface area contributed by atoms with E-state index in [-0.39, 0.29) is 18.8 Å². The van der Waals surface area contributed by atoms with Gasteiger partial charge in [0.15, 0.2) is 0 Å². The van der Waals surface area contributed by atoms with Crippen molar-refractivity contribution < 1.29 is 29.1 Å². The first-order valence-electron chi connectivity index (χ1n) is 12.8. The molecule has 0 fully saturated rings. The number of benzene rings is 2. The van der Waals surface area contributed by atoms with E-state index in [0.29, 0.717) is 12.0 Å². The third kappa shape index (κ3) is 10.2. The van der Waals surface area contributed by atoms with Gasteiger partial charge in [-0.1, -0.05) is 80.9 Å². The van der Waals surface area contributed by atoms with Crippen molar-refractivity contribution in [2.45, 2.75) is 63.7 Å². The number of rotatable bonds is 15. The number of hydrogen-bond donors (Lipinski definition) is 6. The summed E-state index contributed by atoms with van der Waals surface area (Å²) >= 11 is 0. The van der Waals surface area contributed by atoms with Gasteiger partial charge in [0.2, 0.25) is 23.6 Å². The van der Waals surface area contributed by atoms with Crippen molar-refractivity contribution in [3.05, 3.63) is 71.8 Å². The summed E-state index contributed by atoms with van der Waals surface area (Å²) in [6, 6.07) is 12.8. The minimum absolute atomic E-state index is 0.0145. The van der Waals surface area contributed by atoms with Crippen molar-refractivity contribution in [3.63, 3.8) is 0 Å². The number of nitrogens with one attached hydrogen (secondary N) is 3. The van der Waals surface area contributed by atoms with Crippen LogP contribution in [0.3, 0.4) is 0 Å². The smallest absolute Gasteiger partial charge is 0.326 e. The van der Waals surface area contributed by atoms with Crippen LogP contribution in [0, 0.1) is 5.92 Å². The lowest BCUT2D eigenvalue weighted by Gasteiger charge is -2.26. The highest BCUT2D eigenvalue weighted by Gasteiger charge is 2.32. The molecule has 0 aliphatic carbocycles. The third-order valence-electron chi connectivity index (χ3n) is 6.41. The second-order valence-corrected chi connectivity index (χ2v) is 9.48. The molecule has 2 rings (SSSR count). The van der Waals surface area contributed by atoms with Crippen LogP contribution in [0.4, 0.5) is 0 Å². The minimum atomic E-state index is -1.47. The predicted molar refractivity (Wildman–Crippen MR) is 145 cm³/mol. The van der Waals surface area contributed by atoms with Gasteiger partial charge < -0.3 is 32.5 Å². The van der Waals surface area contributed by atoms with Crippen molar-refractivity contribution >= 4 is 29.6 Å². The molecule has 11 nitrogen and oxygen atoms in total. The van der Waals surface area contributed by atoms with Crippen LogP contribution in [0.2, 0.25) is 0 Å². The highest BCUT2D eigenvalue weighted by molar-refractivity contribution is 5.96. The molecular formula is C28H37N5O6. The lowest BCUT2D eigenvalue weighted by atomic mass is 9.98. The average molecular weight is 540 g/mol. The SMILES string of the molecule is CCC(C)C(N)C(=O)NC(Cc1ccccc1)C(=O)NC(CC(N)=O)C(=O)NC(Cc1ccccc1)C(=O)O. The molecule has 39 heavy (non-hydrogen) atoms. The van der Waals surface area contributed by atoms with Crippen LogP contribution in [0.5, 0.6) is 0 Å². The van der Waals surface area contributed by atoms with Gasteiger partial charge in [-0.05, 0) is 17.0 Å². The highest BCUT2D eigenvalue weighted by atomic mass is 16.4. The summed E-state index contributed by atoms with van der Waals surface area (Å²) in [5, 5.41) is 17.1. The lowest BCUT2D eigenvalue weighted by Crippen LogP contribution is -2.58. The Hall–Kier alpha value is -4.25. The van der Waals surface area contributed by atoms with Crippen LogP contribution < -0.4 is 27.4 Å². The summed E-state index contributed by atoms with van der Waals surface area (Å²) < 4.78 is 0. The van der Waals surface area contributed by atoms with Crippen LogP contribution in [0.15, 0.2) is 60.7 Å². The Bertz CT molecular complexity index is 1130. The number of hydrogen-bond acceptors (Lipinski definition) is 6. The van der Waals surface area contributed by atoms with E-state index in [2.05, 4.69) is 16.0 Å². The molecule has 210 valence electrons. The molecule has 0 bridgehead atoms. The van der Waals surface area contributed by atoms with Crippen LogP contribution in [-0.2, 0) is 36.8 Å². The third-order valence-corrected chi connectivity index (χ3v) is 6.41. The minimum Gasteiger partial charge on any atom is -0.480 e. The zero-order chi connectivity index (χ0) is 28.9. The van der Waals surface area contributed by atoms with Crippen molar-refractivity contribution in [1.29, 1.82) is 0 Å². The van der Waals surface area contributed by atoms with E-state index in [1.165, 1.54) is 0 Å². The van der Waals surface area contributed by atoms with Crippen molar-refractivity contribution in [3.8, 4) is 0 Å². The number of carboxylic acid groups (broad SMARTS) is 1. The maximum atomic E-state index is 13.3. The molecular weight excluding hydrogens is 502 g/mol. The zero-order valence-electron chi connectivity index (χ0n) is 22.1. The Morgan fingerprint density at radius 1 is 0.744 bits per heavy atom. The molecule has 0 aliphatic heterocycles. The van der Waals surface area contributed by atoms with Gasteiger partial charge in [0.25, 0.3) is 0 Å². The Morgan fingerprint density at radius 3 is 1.64 bits per heavy atom. The average Bonchev–Trinajstić information content (AvgIpc) is 2.91. The molecule has 0 saturated heterocycles. The summed E-state index contributed by atoms with van der Waals surface area (Å²) in [6.07, 6.45) is 0.147. The summed E-state index contributed by atoms with van der Waals surface area (Å²) in [5.41, 5.74) is 12.8. The molecule has 5 unspecified atom stereocenters. The molecule has 2 aromatic rings. The normalized spacial score (nSPS) is 14.6. The van der Waals surface area contributed by atoms with E-state index >= 15 is 0 Å². The van der Waals surface area contributed by atoms with E-state index in [1.807, 2.05) is 13.8 Å². The molecule has 0 spiro atoms. The van der Waals surface area contributed by atoms with Crippen LogP contribution in [0.25, 0.3) is 0 Å². The Balaban J connectivity index is 2.23. The van der Waals surface area contributed by atoms with Crippen LogP contribution in [0.1, 0.15) is 37.8 Å². The van der Waals surface area contributed by atoms with Crippen molar-refractivity contribution in [2.24, 2.45) is 17.4 Å². The van der Waals surface area contributed by atoms with Gasteiger partial charge in [0.05, 0.1) is 12.5 Å². The molecule has 8 N–H and O–H groups in total. The Labute approximate surface area is 227 Å². The van der Waals surface area contributed by atoms with Crippen LogP contribution in [-0.4, -0.2) is 58.9 Å². The first-order valence-corrected chi connectivity index (χ1v) is 12.8. The monoisotopic (exact) mass is 539 g/mol. The number of nitrogens with two attached hydrogens (primary N) is 2. The molecule has 2 aromatic carbocycles. The van der Waals surface area contributed by atoms with Gasteiger partial charge in [-0.2, -0.15) is 0 Å². The first-order chi connectivity index (χ1) is 18.5. The molecule has 0 saturated carbocycles. The summed E-state index contributed by atoms with van der Waals surface area (Å²) in [4.78, 5) is 62.8. The van der Waals surface area contributed by atoms with Gasteiger partial charge in [0.1, 0.15) is 18.1 Å². The lowest BCUT2D eigenvalue weighted by molar-refractivity contribution is -0.142. The van der Waals surface area contributed by atoms with Crippen LogP contribution >= 0.6 is 0 Å². The topological polar surface area (TPSA) is 194 Å². The van der Waals surface area contributed by atoms with E-state index in [9.17, 15) is 29.1 Å². The van der Waals surface area contributed by atoms with E-state index in [4.69, 9.17) is 11.5 Å². The largest absolute Gasteiger partial charge is 0.480 e. The molecule has 0 aliphatic rings. The number of carbonyl (C=O) groups excluding carboxylic acids is 4. The second kappa shape index (κ2) is 15.2. The summed E-state index contributed by atoms with van der Waals surface area (Å²) in [7, 11) is 0. The van der Waals surface area contributed by atoms with E-state index in [1.54, 1.807) is 60.7 Å². The van der Waals surface area contributed by atoms with Gasteiger partial charge >= 0.3 is 5.97 Å². The summed E-state index contributed by atoms with van der Waals surface area (Å²) in [6.45, 7) is 3.71. The standard InChI is InChI=1S/C28H37N5O6/c1-3-17(2)24(30)27(37)32-20(14-18-10-6-4-7-11-18)25(35)31-21(16-23(29)34)26(36)33-22(28(38)39)15-19-12-8-5-9-13-19/h4-13,17,20-22,24H,3,14-16,30H2,1-2H3,(H2,29,34)(H,31,35)(H,32,37)(H,33,36)(H,38,39). The fraction of sp³-hybridized carbons (Fsp3) is 0.393. The van der Waals surface area contributed by atoms with Crippen molar-refractivity contribution in [2.75, 3.05) is 0 Å². The van der Waals surface area contributed by atoms with Gasteiger partial charge in [-0.3, -0.25) is 19.2 Å². The molecule has 11 heteroatoms. The predicted octanol–water partition coefficient (Wildman–Crippen LogP) is 0.260. The number of primary amides is 1. The number of carbonyl (C=O) groups is 5. The quantitative estimate of drug-likeness (QED) is 0.187. The van der Waals surface area contributed by atoms with Gasteiger partial charge in [-0.15, -0.1) is 0 Å². The van der Waals surface area contributed by atoms with Gasteiger partial charge in [0, 0.05) is 12.8 Å². The van der Waals surface area contributed by atoms with Crippen molar-refractivity contribution in [1.82, 2.24) is 16.0 Å². The fourth-order valence-corrected chi connectivity index (χ4v) is 3.84. The maximum absolute atomic E-state index is 13.3. The van der Waals surface area contributed by atoms with E-state index < -0.39 is 60.2 Å². The molecule has 0 radical (unpaired) electrons. The first kappa shape index (κ1) is 31.0. The molecule has 0 heterocycles. The second-order valence-electron chi connectivity index (χ2n) is 9.48. The summed E-state index contributed by atoms with van der Waals surface area (Å²) in [5.74, 6) is -4.49. The number of aliphatic carboxylic acids is 1. The highest BCUT2D eigenvalue weighted by Crippen LogP contribution is 2.09. The maximum Gasteiger partial charge on any atom is 0.326 e. The van der Waals surface area contributed by atoms with Gasteiger partial charge in [-0.25, -0.2) is 4.79 Å². The van der Waals surface area contributed by atoms with E-state index in [0.717, 1.165) is 5.56 Å². The number of carboxylic acids is 1. The Morgan fingerprint density at radius 2 is 1.18 bits per heavy atom. The molecule has 0 aromatic heterocycles. The fourth-order valence-electron chi connectivity index (χ4n) is 3.84. The Kier molecular flexibility index (Phi) is 12.1. The molecule has 4 amide bonds. The number of amides is 4.